The van der Waals surface area contributed by atoms with Crippen LogP contribution in [0.5, 0.6) is 0 Å². The Morgan fingerprint density at radius 1 is 1.47 bits per heavy atom. The summed E-state index contributed by atoms with van der Waals surface area (Å²) in [4.78, 5) is 35.2. The lowest BCUT2D eigenvalue weighted by molar-refractivity contribution is -0.137. The van der Waals surface area contributed by atoms with E-state index in [1.807, 2.05) is 13.8 Å². The van der Waals surface area contributed by atoms with E-state index in [1.54, 1.807) is 0 Å². The average Bonchev–Trinajstić information content (AvgIpc) is 2.51. The Morgan fingerprint density at radius 3 is 2.59 bits per heavy atom. The Balaban J connectivity index is 2.29. The monoisotopic (exact) mass is 241 g/mol. The molecule has 1 fully saturated rings. The minimum absolute atomic E-state index is 0.0598. The first-order chi connectivity index (χ1) is 7.91. The standard InChI is InChI=1S/C11H19N3O3/c1-7(2)5-13-9(15)6-12-8-4-10(16)14(3)11(8)17/h7-8,12H,4-6H2,1-3H3,(H,13,15). The van der Waals surface area contributed by atoms with Gasteiger partial charge in [0.2, 0.25) is 17.7 Å². The Labute approximate surface area is 101 Å². The quantitative estimate of drug-likeness (QED) is 0.612. The number of carbonyl (C=O) groups is 3. The lowest BCUT2D eigenvalue weighted by Crippen LogP contribution is -2.43. The number of likely N-dealkylation sites (N-methyl/N-ethyl adjacent to an activating group) is 1. The second kappa shape index (κ2) is 5.77. The molecular weight excluding hydrogens is 222 g/mol. The molecule has 0 aromatic rings. The molecule has 0 aromatic carbocycles. The molecule has 96 valence electrons. The number of amides is 3. The number of imide groups is 1. The van der Waals surface area contributed by atoms with Gasteiger partial charge in [0.25, 0.3) is 0 Å². The normalized spacial score (nSPS) is 20.2. The van der Waals surface area contributed by atoms with Crippen molar-refractivity contribution in [2.45, 2.75) is 26.3 Å². The molecule has 6 nitrogen and oxygen atoms in total. The lowest BCUT2D eigenvalue weighted by Gasteiger charge is -2.11. The highest BCUT2D eigenvalue weighted by atomic mass is 16.2. The maximum Gasteiger partial charge on any atom is 0.246 e. The number of nitrogens with one attached hydrogen (secondary N) is 2. The van der Waals surface area contributed by atoms with E-state index in [1.165, 1.54) is 7.05 Å². The van der Waals surface area contributed by atoms with Crippen molar-refractivity contribution in [2.75, 3.05) is 20.1 Å². The van der Waals surface area contributed by atoms with Crippen LogP contribution >= 0.6 is 0 Å². The van der Waals surface area contributed by atoms with E-state index in [9.17, 15) is 14.4 Å². The van der Waals surface area contributed by atoms with Crippen LogP contribution in [0, 0.1) is 5.92 Å². The topological polar surface area (TPSA) is 78.5 Å². The largest absolute Gasteiger partial charge is 0.355 e. The zero-order valence-electron chi connectivity index (χ0n) is 10.4. The maximum atomic E-state index is 11.5. The Hall–Kier alpha value is -1.43. The van der Waals surface area contributed by atoms with Gasteiger partial charge >= 0.3 is 0 Å². The van der Waals surface area contributed by atoms with E-state index in [4.69, 9.17) is 0 Å². The lowest BCUT2D eigenvalue weighted by atomic mass is 10.2. The number of hydrogen-bond donors (Lipinski definition) is 2. The van der Waals surface area contributed by atoms with Gasteiger partial charge in [-0.1, -0.05) is 13.8 Å². The molecule has 1 aliphatic rings. The predicted octanol–water partition coefficient (Wildman–Crippen LogP) is -0.894. The molecule has 1 unspecified atom stereocenters. The molecule has 6 heteroatoms. The van der Waals surface area contributed by atoms with Crippen LogP contribution in [0.3, 0.4) is 0 Å². The molecule has 1 heterocycles. The van der Waals surface area contributed by atoms with E-state index in [0.717, 1.165) is 4.90 Å². The smallest absolute Gasteiger partial charge is 0.246 e. The van der Waals surface area contributed by atoms with Crippen molar-refractivity contribution in [1.82, 2.24) is 15.5 Å². The molecule has 0 bridgehead atoms. The van der Waals surface area contributed by atoms with Crippen LogP contribution in [0.4, 0.5) is 0 Å². The first-order valence-corrected chi connectivity index (χ1v) is 5.72. The maximum absolute atomic E-state index is 11.5. The number of likely N-dealkylation sites (tertiary alicyclic amines) is 1. The minimum atomic E-state index is -0.558. The summed E-state index contributed by atoms with van der Waals surface area (Å²) in [6, 6.07) is -0.558. The number of rotatable bonds is 5. The third-order valence-corrected chi connectivity index (χ3v) is 2.60. The Bertz CT molecular complexity index is 328. The highest BCUT2D eigenvalue weighted by Gasteiger charge is 2.35. The molecule has 0 aromatic heterocycles. The van der Waals surface area contributed by atoms with Crippen LogP contribution in [0.25, 0.3) is 0 Å². The van der Waals surface area contributed by atoms with Crippen LogP contribution in [0.2, 0.25) is 0 Å². The van der Waals surface area contributed by atoms with Gasteiger partial charge in [-0.3, -0.25) is 24.6 Å². The highest BCUT2D eigenvalue weighted by Crippen LogP contribution is 2.09. The minimum Gasteiger partial charge on any atom is -0.355 e. The van der Waals surface area contributed by atoms with Crippen LogP contribution in [0.15, 0.2) is 0 Å². The van der Waals surface area contributed by atoms with Gasteiger partial charge < -0.3 is 5.32 Å². The first kappa shape index (κ1) is 13.6. The fourth-order valence-electron chi connectivity index (χ4n) is 1.51. The van der Waals surface area contributed by atoms with Gasteiger partial charge in [0, 0.05) is 13.6 Å². The number of hydrogen-bond acceptors (Lipinski definition) is 4. The molecule has 2 N–H and O–H groups in total. The van der Waals surface area contributed by atoms with Crippen molar-refractivity contribution in [3.63, 3.8) is 0 Å². The van der Waals surface area contributed by atoms with Gasteiger partial charge in [-0.2, -0.15) is 0 Å². The third kappa shape index (κ3) is 3.81. The zero-order chi connectivity index (χ0) is 13.0. The number of nitrogens with zero attached hydrogens (tertiary/aromatic N) is 1. The van der Waals surface area contributed by atoms with E-state index < -0.39 is 6.04 Å². The van der Waals surface area contributed by atoms with Gasteiger partial charge in [0.15, 0.2) is 0 Å². The summed E-state index contributed by atoms with van der Waals surface area (Å²) in [7, 11) is 1.45. The molecule has 1 rings (SSSR count). The van der Waals surface area contributed by atoms with Crippen molar-refractivity contribution in [3.8, 4) is 0 Å². The molecule has 0 aliphatic carbocycles. The van der Waals surface area contributed by atoms with Crippen molar-refractivity contribution in [2.24, 2.45) is 5.92 Å². The van der Waals surface area contributed by atoms with Gasteiger partial charge in [-0.25, -0.2) is 0 Å². The molecule has 0 saturated carbocycles. The molecule has 17 heavy (non-hydrogen) atoms. The molecule has 1 atom stereocenters. The van der Waals surface area contributed by atoms with Crippen LogP contribution in [0.1, 0.15) is 20.3 Å². The summed E-state index contributed by atoms with van der Waals surface area (Å²) in [6.45, 7) is 4.67. The Morgan fingerprint density at radius 2 is 2.12 bits per heavy atom. The summed E-state index contributed by atoms with van der Waals surface area (Å²) in [5.41, 5.74) is 0. The summed E-state index contributed by atoms with van der Waals surface area (Å²) >= 11 is 0. The molecular formula is C11H19N3O3. The SMILES string of the molecule is CC(C)CNC(=O)CNC1CC(=O)N(C)C1=O. The molecule has 0 radical (unpaired) electrons. The molecule has 1 aliphatic heterocycles. The van der Waals surface area contributed by atoms with E-state index in [-0.39, 0.29) is 30.7 Å². The summed E-state index contributed by atoms with van der Waals surface area (Å²) in [5.74, 6) is -0.255. The van der Waals surface area contributed by atoms with Crippen molar-refractivity contribution >= 4 is 17.7 Å². The van der Waals surface area contributed by atoms with E-state index in [2.05, 4.69) is 10.6 Å². The molecule has 3 amide bonds. The number of carbonyl (C=O) groups excluding carboxylic acids is 3. The summed E-state index contributed by atoms with van der Waals surface area (Å²) < 4.78 is 0. The fourth-order valence-corrected chi connectivity index (χ4v) is 1.51. The first-order valence-electron chi connectivity index (χ1n) is 5.72. The van der Waals surface area contributed by atoms with Crippen molar-refractivity contribution in [3.05, 3.63) is 0 Å². The van der Waals surface area contributed by atoms with Crippen LogP contribution in [-0.2, 0) is 14.4 Å². The van der Waals surface area contributed by atoms with Gasteiger partial charge in [-0.05, 0) is 5.92 Å². The van der Waals surface area contributed by atoms with Gasteiger partial charge in [0.05, 0.1) is 19.0 Å². The van der Waals surface area contributed by atoms with Crippen molar-refractivity contribution in [1.29, 1.82) is 0 Å². The highest BCUT2D eigenvalue weighted by molar-refractivity contribution is 6.05. The van der Waals surface area contributed by atoms with Crippen LogP contribution < -0.4 is 10.6 Å². The second-order valence-electron chi connectivity index (χ2n) is 4.63. The van der Waals surface area contributed by atoms with Gasteiger partial charge in [-0.15, -0.1) is 0 Å². The zero-order valence-corrected chi connectivity index (χ0v) is 10.4. The second-order valence-corrected chi connectivity index (χ2v) is 4.63. The van der Waals surface area contributed by atoms with Crippen LogP contribution in [-0.4, -0.2) is 48.8 Å². The molecule has 1 saturated heterocycles. The summed E-state index contributed by atoms with van der Waals surface area (Å²) in [5, 5.41) is 5.52. The van der Waals surface area contributed by atoms with E-state index in [0.29, 0.717) is 12.5 Å². The van der Waals surface area contributed by atoms with E-state index >= 15 is 0 Å². The predicted molar refractivity (Wildman–Crippen MR) is 62.0 cm³/mol. The Kier molecular flexibility index (Phi) is 4.62. The summed E-state index contributed by atoms with van der Waals surface area (Å²) in [6.07, 6.45) is 0.132. The van der Waals surface area contributed by atoms with Crippen molar-refractivity contribution < 1.29 is 14.4 Å². The average molecular weight is 241 g/mol. The fraction of sp³-hybridized carbons (Fsp3) is 0.727. The van der Waals surface area contributed by atoms with Gasteiger partial charge in [0.1, 0.15) is 0 Å². The third-order valence-electron chi connectivity index (χ3n) is 2.60. The molecule has 0 spiro atoms.